The van der Waals surface area contributed by atoms with Crippen molar-refractivity contribution in [3.63, 3.8) is 0 Å². The summed E-state index contributed by atoms with van der Waals surface area (Å²) in [7, 11) is -3.30. The molecule has 25 heavy (non-hydrogen) atoms. The molecular formula is C17H14ClN3O3S. The van der Waals surface area contributed by atoms with E-state index in [2.05, 4.69) is 5.32 Å². The highest BCUT2D eigenvalue weighted by molar-refractivity contribution is 7.93. The lowest BCUT2D eigenvalue weighted by Gasteiger charge is -2.17. The maximum absolute atomic E-state index is 12.4. The quantitative estimate of drug-likeness (QED) is 0.892. The van der Waals surface area contributed by atoms with Gasteiger partial charge < -0.3 is 5.32 Å². The van der Waals surface area contributed by atoms with Gasteiger partial charge in [0.1, 0.15) is 6.07 Å². The van der Waals surface area contributed by atoms with E-state index >= 15 is 0 Å². The molecule has 0 aromatic heterocycles. The van der Waals surface area contributed by atoms with Crippen molar-refractivity contribution in [1.29, 1.82) is 5.26 Å². The monoisotopic (exact) mass is 375 g/mol. The molecule has 2 aromatic rings. The highest BCUT2D eigenvalue weighted by Gasteiger charge is 2.28. The van der Waals surface area contributed by atoms with E-state index in [0.29, 0.717) is 35.5 Å². The van der Waals surface area contributed by atoms with Gasteiger partial charge in [-0.15, -0.1) is 0 Å². The van der Waals surface area contributed by atoms with Crippen molar-refractivity contribution >= 4 is 38.9 Å². The molecule has 1 N–H and O–H groups in total. The minimum absolute atomic E-state index is 0.118. The molecule has 0 unspecified atom stereocenters. The average molecular weight is 376 g/mol. The molecule has 1 saturated heterocycles. The number of carbonyl (C=O) groups is 1. The second kappa shape index (κ2) is 6.75. The molecule has 2 aromatic carbocycles. The van der Waals surface area contributed by atoms with E-state index < -0.39 is 10.0 Å². The molecule has 0 bridgehead atoms. The Morgan fingerprint density at radius 2 is 2.04 bits per heavy atom. The summed E-state index contributed by atoms with van der Waals surface area (Å²) in [6, 6.07) is 13.0. The Labute approximate surface area is 150 Å². The summed E-state index contributed by atoms with van der Waals surface area (Å²) in [5, 5.41) is 11.8. The summed E-state index contributed by atoms with van der Waals surface area (Å²) in [4.78, 5) is 12.4. The van der Waals surface area contributed by atoms with Gasteiger partial charge in [0.25, 0.3) is 5.91 Å². The van der Waals surface area contributed by atoms with Crippen molar-refractivity contribution in [2.75, 3.05) is 21.9 Å². The van der Waals surface area contributed by atoms with Crippen LogP contribution in [0.1, 0.15) is 22.3 Å². The highest BCUT2D eigenvalue weighted by Crippen LogP contribution is 2.25. The van der Waals surface area contributed by atoms with Crippen LogP contribution in [0, 0.1) is 11.3 Å². The van der Waals surface area contributed by atoms with Crippen molar-refractivity contribution in [2.45, 2.75) is 6.42 Å². The normalized spacial score (nSPS) is 15.6. The number of nitrogens with one attached hydrogen (secondary N) is 1. The number of carbonyl (C=O) groups excluding carboxylic acids is 1. The van der Waals surface area contributed by atoms with Crippen molar-refractivity contribution in [3.05, 3.63) is 58.6 Å². The first-order valence-corrected chi connectivity index (χ1v) is 9.51. The zero-order valence-electron chi connectivity index (χ0n) is 13.1. The standard InChI is InChI=1S/C17H14ClN3O3S/c18-16-10-14(6-5-13(16)11-19)20-17(22)12-3-1-4-15(9-12)21-7-2-8-25(21,23)24/h1,3-6,9-10H,2,7-8H2,(H,20,22). The van der Waals surface area contributed by atoms with E-state index in [1.54, 1.807) is 30.3 Å². The number of nitrogens with zero attached hydrogens (tertiary/aromatic N) is 2. The first-order valence-electron chi connectivity index (χ1n) is 7.52. The Kier molecular flexibility index (Phi) is 4.66. The number of halogens is 1. The number of rotatable bonds is 3. The Morgan fingerprint density at radius 1 is 1.24 bits per heavy atom. The van der Waals surface area contributed by atoms with Crippen molar-refractivity contribution in [3.8, 4) is 6.07 Å². The van der Waals surface area contributed by atoms with Crippen LogP contribution in [-0.2, 0) is 10.0 Å². The predicted octanol–water partition coefficient (Wildman–Crippen LogP) is 3.00. The molecule has 0 atom stereocenters. The van der Waals surface area contributed by atoms with Crippen LogP contribution in [0.15, 0.2) is 42.5 Å². The lowest BCUT2D eigenvalue weighted by atomic mass is 10.1. The van der Waals surface area contributed by atoms with Crippen LogP contribution in [-0.4, -0.2) is 26.6 Å². The molecule has 3 rings (SSSR count). The number of anilines is 2. The average Bonchev–Trinajstić information content (AvgIpc) is 2.94. The van der Waals surface area contributed by atoms with Gasteiger partial charge in [-0.25, -0.2) is 8.42 Å². The molecule has 6 nitrogen and oxygen atoms in total. The molecule has 0 saturated carbocycles. The molecule has 1 aliphatic heterocycles. The molecule has 8 heteroatoms. The van der Waals surface area contributed by atoms with Crippen molar-refractivity contribution in [2.24, 2.45) is 0 Å². The molecule has 1 aliphatic rings. The van der Waals surface area contributed by atoms with Gasteiger partial charge in [0, 0.05) is 17.8 Å². The summed E-state index contributed by atoms with van der Waals surface area (Å²) < 4.78 is 25.4. The third kappa shape index (κ3) is 3.60. The Balaban J connectivity index is 1.83. The van der Waals surface area contributed by atoms with E-state index in [1.165, 1.54) is 16.4 Å². The first kappa shape index (κ1) is 17.3. The van der Waals surface area contributed by atoms with Crippen molar-refractivity contribution in [1.82, 2.24) is 0 Å². The van der Waals surface area contributed by atoms with E-state index in [4.69, 9.17) is 16.9 Å². The number of hydrogen-bond acceptors (Lipinski definition) is 4. The number of sulfonamides is 1. The van der Waals surface area contributed by atoms with E-state index in [0.717, 1.165) is 0 Å². The minimum atomic E-state index is -3.30. The largest absolute Gasteiger partial charge is 0.322 e. The van der Waals surface area contributed by atoms with Gasteiger partial charge in [-0.3, -0.25) is 9.10 Å². The van der Waals surface area contributed by atoms with Gasteiger partial charge in [-0.05, 0) is 42.8 Å². The number of amides is 1. The topological polar surface area (TPSA) is 90.3 Å². The molecule has 128 valence electrons. The molecule has 0 aliphatic carbocycles. The van der Waals surface area contributed by atoms with Gasteiger partial charge in [-0.2, -0.15) is 5.26 Å². The van der Waals surface area contributed by atoms with Gasteiger partial charge in [0.2, 0.25) is 10.0 Å². The molecule has 0 radical (unpaired) electrons. The van der Waals surface area contributed by atoms with Crippen molar-refractivity contribution < 1.29 is 13.2 Å². The second-order valence-electron chi connectivity index (χ2n) is 5.55. The highest BCUT2D eigenvalue weighted by atomic mass is 35.5. The maximum Gasteiger partial charge on any atom is 0.255 e. The Morgan fingerprint density at radius 3 is 2.68 bits per heavy atom. The molecule has 1 heterocycles. The lowest BCUT2D eigenvalue weighted by Crippen LogP contribution is -2.25. The summed E-state index contributed by atoms with van der Waals surface area (Å²) >= 11 is 5.95. The molecule has 1 amide bonds. The third-order valence-electron chi connectivity index (χ3n) is 3.84. The van der Waals surface area contributed by atoms with Crippen LogP contribution >= 0.6 is 11.6 Å². The zero-order valence-corrected chi connectivity index (χ0v) is 14.6. The van der Waals surface area contributed by atoms with Crippen LogP contribution in [0.2, 0.25) is 5.02 Å². The lowest BCUT2D eigenvalue weighted by molar-refractivity contribution is 0.102. The fraction of sp³-hybridized carbons (Fsp3) is 0.176. The smallest absolute Gasteiger partial charge is 0.255 e. The third-order valence-corrected chi connectivity index (χ3v) is 6.03. The van der Waals surface area contributed by atoms with Crippen LogP contribution in [0.4, 0.5) is 11.4 Å². The summed E-state index contributed by atoms with van der Waals surface area (Å²) in [5.41, 5.74) is 1.58. The first-order chi connectivity index (χ1) is 11.9. The molecule has 0 spiro atoms. The van der Waals surface area contributed by atoms with Crippen LogP contribution < -0.4 is 9.62 Å². The SMILES string of the molecule is N#Cc1ccc(NC(=O)c2cccc(N3CCCS3(=O)=O)c2)cc1Cl. The van der Waals surface area contributed by atoms with Crippen LogP contribution in [0.25, 0.3) is 0 Å². The van der Waals surface area contributed by atoms with Crippen LogP contribution in [0.5, 0.6) is 0 Å². The van der Waals surface area contributed by atoms with Gasteiger partial charge in [0.05, 0.1) is 22.0 Å². The number of benzene rings is 2. The maximum atomic E-state index is 12.4. The fourth-order valence-corrected chi connectivity index (χ4v) is 4.40. The van der Waals surface area contributed by atoms with Gasteiger partial charge in [-0.1, -0.05) is 17.7 Å². The number of nitriles is 1. The van der Waals surface area contributed by atoms with E-state index in [-0.39, 0.29) is 16.7 Å². The van der Waals surface area contributed by atoms with Gasteiger partial charge in [0.15, 0.2) is 0 Å². The zero-order chi connectivity index (χ0) is 18.0. The second-order valence-corrected chi connectivity index (χ2v) is 7.97. The minimum Gasteiger partial charge on any atom is -0.322 e. The number of hydrogen-bond donors (Lipinski definition) is 1. The Hall–Kier alpha value is -2.56. The Bertz CT molecular complexity index is 983. The molecule has 1 fully saturated rings. The summed E-state index contributed by atoms with van der Waals surface area (Å²) in [6.07, 6.45) is 0.572. The van der Waals surface area contributed by atoms with E-state index in [9.17, 15) is 13.2 Å². The summed E-state index contributed by atoms with van der Waals surface area (Å²) in [5.74, 6) is -0.271. The fourth-order valence-electron chi connectivity index (χ4n) is 2.62. The van der Waals surface area contributed by atoms with Gasteiger partial charge >= 0.3 is 0 Å². The van der Waals surface area contributed by atoms with E-state index in [1.807, 2.05) is 6.07 Å². The predicted molar refractivity (Wildman–Crippen MR) is 96.3 cm³/mol. The summed E-state index contributed by atoms with van der Waals surface area (Å²) in [6.45, 7) is 0.415. The molecular weight excluding hydrogens is 362 g/mol. The van der Waals surface area contributed by atoms with Crippen LogP contribution in [0.3, 0.4) is 0 Å².